The van der Waals surface area contributed by atoms with Crippen molar-refractivity contribution in [1.29, 1.82) is 5.26 Å². The normalized spacial score (nSPS) is 17.8. The number of rotatable bonds is 6. The van der Waals surface area contributed by atoms with Gasteiger partial charge in [-0.1, -0.05) is 54.7 Å². The summed E-state index contributed by atoms with van der Waals surface area (Å²) in [5.41, 5.74) is 12.2. The molecule has 44 heavy (non-hydrogen) atoms. The van der Waals surface area contributed by atoms with Crippen molar-refractivity contribution in [3.8, 4) is 11.8 Å². The van der Waals surface area contributed by atoms with Crippen molar-refractivity contribution in [3.63, 3.8) is 0 Å². The smallest absolute Gasteiger partial charge is 0.289 e. The molecule has 0 bridgehead atoms. The second kappa shape index (κ2) is 11.6. The lowest BCUT2D eigenvalue weighted by atomic mass is 9.68. The Hall–Kier alpha value is -4.32. The first-order valence-electron chi connectivity index (χ1n) is 14.1. The molecule has 3 aromatic carbocycles. The molecule has 226 valence electrons. The molecule has 1 heterocycles. The van der Waals surface area contributed by atoms with Crippen LogP contribution >= 0.6 is 23.2 Å². The van der Waals surface area contributed by atoms with Crippen LogP contribution in [0.3, 0.4) is 0 Å². The molecule has 0 spiro atoms. The highest BCUT2D eigenvalue weighted by Gasteiger charge is 2.45. The molecule has 0 saturated carbocycles. The third-order valence-electron chi connectivity index (χ3n) is 8.30. The average Bonchev–Trinajstić information content (AvgIpc) is 2.93. The number of hydrogen-bond donors (Lipinski definition) is 1. The molecule has 10 heteroatoms. The van der Waals surface area contributed by atoms with Crippen LogP contribution in [0.2, 0.25) is 10.0 Å². The summed E-state index contributed by atoms with van der Waals surface area (Å²) in [6.07, 6.45) is 0.753. The fourth-order valence-corrected chi connectivity index (χ4v) is 6.65. The maximum atomic E-state index is 14.0. The van der Waals surface area contributed by atoms with Crippen LogP contribution in [0.1, 0.15) is 60.4 Å². The number of nitro groups is 1. The number of nitriles is 1. The highest BCUT2D eigenvalue weighted by molar-refractivity contribution is 6.32. The number of halogens is 2. The monoisotopic (exact) mass is 630 g/mol. The first kappa shape index (κ1) is 31.1. The van der Waals surface area contributed by atoms with E-state index in [0.29, 0.717) is 34.2 Å². The SMILES string of the molecule is Cc1cc(COc2ccc(Cl)cc2C)c(C)c(C2C(C#N)=C(N)N(c3ccc(Cl)c([N+](=O)[O-])c3)C3=C2C(=O)CC(C)(C)C3)c1. The molecule has 5 rings (SSSR count). The summed E-state index contributed by atoms with van der Waals surface area (Å²) >= 11 is 12.2. The van der Waals surface area contributed by atoms with Gasteiger partial charge < -0.3 is 10.5 Å². The summed E-state index contributed by atoms with van der Waals surface area (Å²) in [6, 6.07) is 16.1. The van der Waals surface area contributed by atoms with Gasteiger partial charge in [-0.15, -0.1) is 0 Å². The Morgan fingerprint density at radius 3 is 2.50 bits per heavy atom. The summed E-state index contributed by atoms with van der Waals surface area (Å²) in [6.45, 7) is 10.1. The van der Waals surface area contributed by atoms with E-state index in [0.717, 1.165) is 27.8 Å². The molecule has 0 saturated heterocycles. The zero-order chi connectivity index (χ0) is 32.1. The standard InChI is InChI=1S/C34H32Cl2N4O4/c1-18-10-21(17-44-30-9-6-22(35)12-19(30)2)20(3)24(11-18)31-25(16-37)33(38)39(23-7-8-26(36)27(13-23)40(42)43)28-14-34(4,5)15-29(41)32(28)31/h6-13,31H,14-15,17,38H2,1-5H3. The number of ether oxygens (including phenoxy) is 1. The lowest BCUT2D eigenvalue weighted by Gasteiger charge is -2.44. The quantitative estimate of drug-likeness (QED) is 0.214. The molecule has 3 aromatic rings. The Morgan fingerprint density at radius 2 is 1.84 bits per heavy atom. The van der Waals surface area contributed by atoms with E-state index in [-0.39, 0.29) is 40.9 Å². The number of allylic oxidation sites excluding steroid dienone is 3. The number of carbonyl (C=O) groups excluding carboxylic acids is 1. The highest BCUT2D eigenvalue weighted by atomic mass is 35.5. The lowest BCUT2D eigenvalue weighted by molar-refractivity contribution is -0.384. The number of ketones is 1. The number of benzene rings is 3. The van der Waals surface area contributed by atoms with Gasteiger partial charge >= 0.3 is 0 Å². The van der Waals surface area contributed by atoms with Gasteiger partial charge in [0.1, 0.15) is 23.2 Å². The van der Waals surface area contributed by atoms with Crippen LogP contribution in [0, 0.1) is 47.6 Å². The van der Waals surface area contributed by atoms with Crippen molar-refractivity contribution in [2.75, 3.05) is 4.90 Å². The zero-order valence-corrected chi connectivity index (χ0v) is 26.6. The van der Waals surface area contributed by atoms with Crippen molar-refractivity contribution in [2.45, 2.75) is 60.0 Å². The van der Waals surface area contributed by atoms with Gasteiger partial charge in [-0.25, -0.2) is 0 Å². The molecular formula is C34H32Cl2N4O4. The largest absolute Gasteiger partial charge is 0.489 e. The third kappa shape index (κ3) is 5.66. The zero-order valence-electron chi connectivity index (χ0n) is 25.1. The number of aryl methyl sites for hydroxylation is 2. The predicted molar refractivity (Wildman–Crippen MR) is 172 cm³/mol. The van der Waals surface area contributed by atoms with Crippen LogP contribution in [0.15, 0.2) is 71.2 Å². The molecule has 0 amide bonds. The minimum atomic E-state index is -0.715. The first-order chi connectivity index (χ1) is 20.7. The molecule has 1 unspecified atom stereocenters. The number of nitro benzene ring substituents is 1. The van der Waals surface area contributed by atoms with Crippen LogP contribution in [-0.2, 0) is 11.4 Å². The summed E-state index contributed by atoms with van der Waals surface area (Å²) in [4.78, 5) is 26.8. The summed E-state index contributed by atoms with van der Waals surface area (Å²) < 4.78 is 6.19. The van der Waals surface area contributed by atoms with Crippen molar-refractivity contribution >= 4 is 40.4 Å². The summed E-state index contributed by atoms with van der Waals surface area (Å²) in [7, 11) is 0. The van der Waals surface area contributed by atoms with Crippen LogP contribution in [0.4, 0.5) is 11.4 Å². The Kier molecular flexibility index (Phi) is 8.23. The Morgan fingerprint density at radius 1 is 1.11 bits per heavy atom. The van der Waals surface area contributed by atoms with E-state index in [1.165, 1.54) is 12.1 Å². The van der Waals surface area contributed by atoms with Crippen LogP contribution in [-0.4, -0.2) is 10.7 Å². The fourth-order valence-electron chi connectivity index (χ4n) is 6.24. The van der Waals surface area contributed by atoms with Gasteiger partial charge in [-0.05, 0) is 85.2 Å². The van der Waals surface area contributed by atoms with E-state index in [9.17, 15) is 20.2 Å². The van der Waals surface area contributed by atoms with E-state index in [2.05, 4.69) is 6.07 Å². The number of nitrogens with two attached hydrogens (primary N) is 1. The lowest BCUT2D eigenvalue weighted by Crippen LogP contribution is -2.42. The Labute approximate surface area is 266 Å². The van der Waals surface area contributed by atoms with Crippen LogP contribution < -0.4 is 15.4 Å². The first-order valence-corrected chi connectivity index (χ1v) is 14.9. The number of hydrogen-bond acceptors (Lipinski definition) is 7. The minimum absolute atomic E-state index is 0.0233. The fraction of sp³-hybridized carbons (Fsp3) is 0.294. The molecule has 0 fully saturated rings. The van der Waals surface area contributed by atoms with E-state index < -0.39 is 16.3 Å². The average molecular weight is 632 g/mol. The number of anilines is 1. The Bertz CT molecular complexity index is 1840. The second-order valence-corrected chi connectivity index (χ2v) is 13.1. The van der Waals surface area contributed by atoms with Crippen molar-refractivity contribution in [2.24, 2.45) is 11.1 Å². The van der Waals surface area contributed by atoms with E-state index in [4.69, 9.17) is 33.7 Å². The van der Waals surface area contributed by atoms with Crippen molar-refractivity contribution in [1.82, 2.24) is 0 Å². The van der Waals surface area contributed by atoms with Crippen molar-refractivity contribution in [3.05, 3.63) is 119 Å². The van der Waals surface area contributed by atoms with Gasteiger partial charge in [-0.3, -0.25) is 19.8 Å². The molecule has 8 nitrogen and oxygen atoms in total. The van der Waals surface area contributed by atoms with E-state index in [1.54, 1.807) is 17.0 Å². The van der Waals surface area contributed by atoms with Gasteiger partial charge in [0, 0.05) is 28.8 Å². The van der Waals surface area contributed by atoms with Gasteiger partial charge in [-0.2, -0.15) is 5.26 Å². The maximum Gasteiger partial charge on any atom is 0.289 e. The topological polar surface area (TPSA) is 122 Å². The van der Waals surface area contributed by atoms with Crippen molar-refractivity contribution < 1.29 is 14.5 Å². The number of Topliss-reactive ketones (excluding diaryl/α,β-unsaturated/α-hetero) is 1. The van der Waals surface area contributed by atoms with Gasteiger partial charge in [0.15, 0.2) is 5.78 Å². The molecule has 0 aromatic heterocycles. The highest BCUT2D eigenvalue weighted by Crippen LogP contribution is 2.51. The minimum Gasteiger partial charge on any atom is -0.489 e. The molecule has 2 aliphatic rings. The molecule has 2 N–H and O–H groups in total. The van der Waals surface area contributed by atoms with Gasteiger partial charge in [0.2, 0.25) is 0 Å². The molecule has 0 radical (unpaired) electrons. The van der Waals surface area contributed by atoms with E-state index >= 15 is 0 Å². The Balaban J connectivity index is 1.68. The molecular weight excluding hydrogens is 599 g/mol. The van der Waals surface area contributed by atoms with Gasteiger partial charge in [0.25, 0.3) is 5.69 Å². The molecule has 1 aliphatic heterocycles. The molecule has 1 atom stereocenters. The number of carbonyl (C=O) groups is 1. The van der Waals surface area contributed by atoms with E-state index in [1.807, 2.05) is 58.9 Å². The summed E-state index contributed by atoms with van der Waals surface area (Å²) in [5, 5.41) is 22.9. The molecule has 1 aliphatic carbocycles. The van der Waals surface area contributed by atoms with Gasteiger partial charge in [0.05, 0.1) is 28.2 Å². The predicted octanol–water partition coefficient (Wildman–Crippen LogP) is 8.35. The maximum absolute atomic E-state index is 14.0. The third-order valence-corrected chi connectivity index (χ3v) is 8.85. The summed E-state index contributed by atoms with van der Waals surface area (Å²) in [5.74, 6) is 0.0196. The van der Waals surface area contributed by atoms with Crippen LogP contribution in [0.5, 0.6) is 5.75 Å². The second-order valence-electron chi connectivity index (χ2n) is 12.2. The van der Waals surface area contributed by atoms with Crippen LogP contribution in [0.25, 0.3) is 0 Å². The number of nitrogens with zero attached hydrogens (tertiary/aromatic N) is 3.